The minimum absolute atomic E-state index is 0.00701. The Bertz CT molecular complexity index is 1340. The molecule has 0 saturated heterocycles. The average molecular weight is 497 g/mol. The van der Waals surface area contributed by atoms with Crippen LogP contribution in [0, 0.1) is 11.3 Å². The fraction of sp³-hybridized carbons (Fsp3) is 0.290. The first-order chi connectivity index (χ1) is 17.7. The van der Waals surface area contributed by atoms with Crippen molar-refractivity contribution in [3.05, 3.63) is 100 Å². The summed E-state index contributed by atoms with van der Waals surface area (Å²) in [6.07, 6.45) is 2.05. The number of ether oxygens (including phenoxy) is 3. The molecule has 3 aromatic rings. The van der Waals surface area contributed by atoms with E-state index < -0.39 is 11.9 Å². The first-order valence-corrected chi connectivity index (χ1v) is 12.5. The fourth-order valence-electron chi connectivity index (χ4n) is 4.21. The molecule has 0 radical (unpaired) electrons. The minimum Gasteiger partial charge on any atom is -0.494 e. The molecule has 37 heavy (non-hydrogen) atoms. The van der Waals surface area contributed by atoms with E-state index in [1.165, 1.54) is 0 Å². The maximum Gasteiger partial charge on any atom is 0.343 e. The molecule has 1 unspecified atom stereocenters. The number of allylic oxidation sites excluding steroid dienone is 1. The van der Waals surface area contributed by atoms with Crippen molar-refractivity contribution in [3.63, 3.8) is 0 Å². The number of benzene rings is 3. The van der Waals surface area contributed by atoms with Crippen molar-refractivity contribution in [2.75, 3.05) is 6.61 Å². The predicted octanol–water partition coefficient (Wildman–Crippen LogP) is 6.60. The molecule has 0 aliphatic carbocycles. The van der Waals surface area contributed by atoms with Gasteiger partial charge in [0.05, 0.1) is 18.1 Å². The van der Waals surface area contributed by atoms with Crippen molar-refractivity contribution in [2.24, 2.45) is 5.73 Å². The van der Waals surface area contributed by atoms with Crippen molar-refractivity contribution in [3.8, 4) is 23.3 Å². The summed E-state index contributed by atoms with van der Waals surface area (Å²) in [5.74, 6) is 0.705. The highest BCUT2D eigenvalue weighted by Crippen LogP contribution is 2.43. The van der Waals surface area contributed by atoms with E-state index in [9.17, 15) is 10.1 Å². The topological polar surface area (TPSA) is 94.6 Å². The fourth-order valence-corrected chi connectivity index (χ4v) is 4.21. The Morgan fingerprint density at radius 2 is 1.70 bits per heavy atom. The molecular weight excluding hydrogens is 464 g/mol. The normalized spacial score (nSPS) is 14.8. The van der Waals surface area contributed by atoms with Crippen LogP contribution in [0.1, 0.15) is 73.5 Å². The molecule has 2 N–H and O–H groups in total. The molecule has 0 spiro atoms. The summed E-state index contributed by atoms with van der Waals surface area (Å²) in [6.45, 7) is 9.14. The van der Waals surface area contributed by atoms with Crippen LogP contribution in [0.2, 0.25) is 0 Å². The molecule has 1 aliphatic rings. The number of nitrogens with zero attached hydrogens (tertiary/aromatic N) is 1. The zero-order valence-electron chi connectivity index (χ0n) is 21.7. The lowest BCUT2D eigenvalue weighted by molar-refractivity contribution is 0.0734. The summed E-state index contributed by atoms with van der Waals surface area (Å²) in [5, 5.41) is 9.82. The van der Waals surface area contributed by atoms with Crippen LogP contribution in [0.15, 0.2) is 78.2 Å². The van der Waals surface area contributed by atoms with Crippen LogP contribution in [0.5, 0.6) is 17.2 Å². The molecule has 190 valence electrons. The number of esters is 1. The number of nitriles is 1. The second kappa shape index (κ2) is 10.8. The predicted molar refractivity (Wildman–Crippen MR) is 143 cm³/mol. The number of hydrogen-bond acceptors (Lipinski definition) is 6. The first-order valence-electron chi connectivity index (χ1n) is 12.5. The van der Waals surface area contributed by atoms with Crippen LogP contribution in [0.4, 0.5) is 0 Å². The van der Waals surface area contributed by atoms with Gasteiger partial charge in [0.15, 0.2) is 0 Å². The van der Waals surface area contributed by atoms with Gasteiger partial charge in [-0.3, -0.25) is 0 Å². The lowest BCUT2D eigenvalue weighted by Gasteiger charge is -2.27. The van der Waals surface area contributed by atoms with Gasteiger partial charge in [-0.2, -0.15) is 5.26 Å². The standard InChI is InChI=1S/C31H32N2O4/c1-5-6-17-35-23-13-9-20(10-14-23)28-25-16-15-24(18-27(25)37-29(33)26(28)19-32)36-30(34)21-7-11-22(12-8-21)31(2,3)4/h7-16,18,28H,5-6,17,33H2,1-4H3. The van der Waals surface area contributed by atoms with E-state index in [2.05, 4.69) is 33.8 Å². The average Bonchev–Trinajstić information content (AvgIpc) is 2.88. The molecule has 1 aliphatic heterocycles. The Hall–Kier alpha value is -4.24. The quantitative estimate of drug-likeness (QED) is 0.225. The summed E-state index contributed by atoms with van der Waals surface area (Å²) in [5.41, 5.74) is 9.70. The highest BCUT2D eigenvalue weighted by atomic mass is 16.5. The van der Waals surface area contributed by atoms with Crippen LogP contribution in [0.25, 0.3) is 0 Å². The van der Waals surface area contributed by atoms with Crippen molar-refractivity contribution < 1.29 is 19.0 Å². The highest BCUT2D eigenvalue weighted by Gasteiger charge is 2.31. The molecule has 4 rings (SSSR count). The number of rotatable bonds is 7. The largest absolute Gasteiger partial charge is 0.494 e. The monoisotopic (exact) mass is 496 g/mol. The highest BCUT2D eigenvalue weighted by molar-refractivity contribution is 5.91. The van der Waals surface area contributed by atoms with Gasteiger partial charge in [-0.1, -0.05) is 64.4 Å². The van der Waals surface area contributed by atoms with Gasteiger partial charge in [-0.15, -0.1) is 0 Å². The van der Waals surface area contributed by atoms with Crippen molar-refractivity contribution >= 4 is 5.97 Å². The van der Waals surface area contributed by atoms with E-state index >= 15 is 0 Å². The van der Waals surface area contributed by atoms with E-state index in [0.29, 0.717) is 29.2 Å². The van der Waals surface area contributed by atoms with Crippen molar-refractivity contribution in [1.82, 2.24) is 0 Å². The van der Waals surface area contributed by atoms with Crippen LogP contribution in [-0.4, -0.2) is 12.6 Å². The van der Waals surface area contributed by atoms with Crippen molar-refractivity contribution in [2.45, 2.75) is 51.9 Å². The van der Waals surface area contributed by atoms with Gasteiger partial charge in [-0.05, 0) is 53.3 Å². The first kappa shape index (κ1) is 25.8. The maximum absolute atomic E-state index is 12.8. The van der Waals surface area contributed by atoms with Gasteiger partial charge < -0.3 is 19.9 Å². The minimum atomic E-state index is -0.465. The molecule has 6 heteroatoms. The SMILES string of the molecule is CCCCOc1ccc(C2C(C#N)=C(N)Oc3cc(OC(=O)c4ccc(C(C)(C)C)cc4)ccc32)cc1. The summed E-state index contributed by atoms with van der Waals surface area (Å²) in [7, 11) is 0. The van der Waals surface area contributed by atoms with E-state index in [-0.39, 0.29) is 11.3 Å². The molecule has 3 aromatic carbocycles. The van der Waals surface area contributed by atoms with Gasteiger partial charge in [0.1, 0.15) is 28.9 Å². The molecule has 0 amide bonds. The zero-order valence-corrected chi connectivity index (χ0v) is 21.7. The second-order valence-electron chi connectivity index (χ2n) is 10.1. The van der Waals surface area contributed by atoms with Gasteiger partial charge in [-0.25, -0.2) is 4.79 Å². The lowest BCUT2D eigenvalue weighted by atomic mass is 9.83. The Balaban J connectivity index is 1.57. The summed E-state index contributed by atoms with van der Waals surface area (Å²) in [4.78, 5) is 12.8. The molecule has 0 fully saturated rings. The number of hydrogen-bond donors (Lipinski definition) is 1. The molecule has 0 bridgehead atoms. The lowest BCUT2D eigenvalue weighted by Crippen LogP contribution is -2.21. The van der Waals surface area contributed by atoms with Crippen LogP contribution >= 0.6 is 0 Å². The van der Waals surface area contributed by atoms with Crippen LogP contribution < -0.4 is 19.9 Å². The van der Waals surface area contributed by atoms with Gasteiger partial charge in [0.2, 0.25) is 5.88 Å². The second-order valence-corrected chi connectivity index (χ2v) is 10.1. The number of carbonyl (C=O) groups is 1. The van der Waals surface area contributed by atoms with E-state index in [4.69, 9.17) is 19.9 Å². The Morgan fingerprint density at radius 1 is 1.03 bits per heavy atom. The van der Waals surface area contributed by atoms with E-state index in [1.807, 2.05) is 36.4 Å². The molecular formula is C31H32N2O4. The maximum atomic E-state index is 12.8. The van der Waals surface area contributed by atoms with Gasteiger partial charge >= 0.3 is 5.97 Å². The summed E-state index contributed by atoms with van der Waals surface area (Å²) >= 11 is 0. The molecule has 0 aromatic heterocycles. The van der Waals surface area contributed by atoms with E-state index in [0.717, 1.165) is 35.3 Å². The third-order valence-electron chi connectivity index (χ3n) is 6.37. The Morgan fingerprint density at radius 3 is 2.32 bits per heavy atom. The third kappa shape index (κ3) is 5.78. The van der Waals surface area contributed by atoms with Gasteiger partial charge in [0, 0.05) is 11.6 Å². The third-order valence-corrected chi connectivity index (χ3v) is 6.37. The molecule has 1 atom stereocenters. The van der Waals surface area contributed by atoms with E-state index in [1.54, 1.807) is 30.3 Å². The van der Waals surface area contributed by atoms with Crippen LogP contribution in [0.3, 0.4) is 0 Å². The summed E-state index contributed by atoms with van der Waals surface area (Å²) in [6, 6.07) is 22.4. The number of unbranched alkanes of at least 4 members (excludes halogenated alkanes) is 1. The zero-order chi connectivity index (χ0) is 26.6. The number of carbonyl (C=O) groups excluding carboxylic acids is 1. The Kier molecular flexibility index (Phi) is 7.54. The van der Waals surface area contributed by atoms with Crippen molar-refractivity contribution in [1.29, 1.82) is 5.26 Å². The smallest absolute Gasteiger partial charge is 0.343 e. The molecule has 0 saturated carbocycles. The number of fused-ring (bicyclic) bond motifs is 1. The molecule has 1 heterocycles. The number of nitrogens with two attached hydrogens (primary N) is 1. The molecule has 6 nitrogen and oxygen atoms in total. The summed E-state index contributed by atoms with van der Waals surface area (Å²) < 4.78 is 17.2. The van der Waals surface area contributed by atoms with Gasteiger partial charge in [0.25, 0.3) is 0 Å². The van der Waals surface area contributed by atoms with Crippen LogP contribution in [-0.2, 0) is 5.41 Å². The Labute approximate surface area is 218 Å².